The smallest absolute Gasteiger partial charge is 0.355 e. The fourth-order valence-corrected chi connectivity index (χ4v) is 2.61. The summed E-state index contributed by atoms with van der Waals surface area (Å²) in [5.41, 5.74) is 0.868. The monoisotopic (exact) mass is 362 g/mol. The number of carbonyl (C=O) groups is 1. The molecule has 0 aliphatic heterocycles. The summed E-state index contributed by atoms with van der Waals surface area (Å²) in [5, 5.41) is 9.16. The van der Waals surface area contributed by atoms with Crippen LogP contribution in [0.1, 0.15) is 11.4 Å². The van der Waals surface area contributed by atoms with Gasteiger partial charge in [-0.3, -0.25) is 4.79 Å². The highest BCUT2D eigenvalue weighted by molar-refractivity contribution is 7.99. The van der Waals surface area contributed by atoms with E-state index < -0.39 is 12.0 Å². The minimum absolute atomic E-state index is 0.0102. The van der Waals surface area contributed by atoms with Crippen molar-refractivity contribution in [3.63, 3.8) is 0 Å². The number of thioether (sulfide) groups is 1. The first-order valence-corrected chi connectivity index (χ1v) is 7.86. The number of nitrogens with one attached hydrogen (secondary N) is 1. The molecule has 24 heavy (non-hydrogen) atoms. The number of amides is 1. The molecule has 1 N–H and O–H groups in total. The Morgan fingerprint density at radius 3 is 2.50 bits per heavy atom. The molecule has 10 heteroatoms. The van der Waals surface area contributed by atoms with Crippen LogP contribution in [-0.2, 0) is 24.4 Å². The highest BCUT2D eigenvalue weighted by Crippen LogP contribution is 2.29. The largest absolute Gasteiger partial charge is 0.451 e. The van der Waals surface area contributed by atoms with E-state index in [0.29, 0.717) is 13.0 Å². The summed E-state index contributed by atoms with van der Waals surface area (Å²) in [7, 11) is 1.19. The van der Waals surface area contributed by atoms with Crippen LogP contribution in [0.5, 0.6) is 0 Å². The van der Waals surface area contributed by atoms with E-state index in [0.717, 1.165) is 21.9 Å². The molecule has 0 saturated carbocycles. The average Bonchev–Trinajstić information content (AvgIpc) is 2.88. The van der Waals surface area contributed by atoms with E-state index in [1.165, 1.54) is 19.2 Å². The molecule has 130 valence electrons. The predicted molar refractivity (Wildman–Crippen MR) is 79.8 cm³/mol. The Hall–Kier alpha value is -2.10. The molecule has 5 nitrogen and oxygen atoms in total. The van der Waals surface area contributed by atoms with Crippen LogP contribution in [0.2, 0.25) is 0 Å². The summed E-state index contributed by atoms with van der Waals surface area (Å²) in [6, 6.07) is 5.90. The minimum atomic E-state index is -4.59. The maximum atomic E-state index is 12.8. The molecule has 1 aromatic heterocycles. The van der Waals surface area contributed by atoms with Crippen LogP contribution >= 0.6 is 11.8 Å². The van der Waals surface area contributed by atoms with E-state index in [2.05, 4.69) is 15.5 Å². The second kappa shape index (κ2) is 7.65. The van der Waals surface area contributed by atoms with Gasteiger partial charge >= 0.3 is 6.18 Å². The second-order valence-electron chi connectivity index (χ2n) is 4.88. The quantitative estimate of drug-likeness (QED) is 0.633. The summed E-state index contributed by atoms with van der Waals surface area (Å²) in [4.78, 5) is 11.7. The van der Waals surface area contributed by atoms with Crippen LogP contribution < -0.4 is 5.32 Å². The molecule has 2 aromatic rings. The number of alkyl halides is 3. The Labute approximate surface area is 139 Å². The summed E-state index contributed by atoms with van der Waals surface area (Å²) < 4.78 is 51.3. The standard InChI is InChI=1S/C14H14F4N4OS/c1-22-12(14(16,17)18)20-21-13(22)24-8-11(23)19-7-6-9-2-4-10(15)5-3-9/h2-5H,6-8H2,1H3,(H,19,23). The molecule has 0 aliphatic carbocycles. The first-order chi connectivity index (χ1) is 11.3. The van der Waals surface area contributed by atoms with Crippen LogP contribution in [-0.4, -0.2) is 33.0 Å². The maximum absolute atomic E-state index is 12.8. The summed E-state index contributed by atoms with van der Waals surface area (Å²) in [5.74, 6) is -1.85. The average molecular weight is 362 g/mol. The molecule has 0 radical (unpaired) electrons. The highest BCUT2D eigenvalue weighted by atomic mass is 32.2. The first-order valence-electron chi connectivity index (χ1n) is 6.88. The highest BCUT2D eigenvalue weighted by Gasteiger charge is 2.37. The zero-order valence-electron chi connectivity index (χ0n) is 12.6. The second-order valence-corrected chi connectivity index (χ2v) is 5.82. The molecule has 0 spiro atoms. The zero-order chi connectivity index (χ0) is 17.7. The molecular formula is C14H14F4N4OS. The first kappa shape index (κ1) is 18.2. The van der Waals surface area contributed by atoms with Gasteiger partial charge in [-0.25, -0.2) is 4.39 Å². The molecule has 1 aromatic carbocycles. The van der Waals surface area contributed by atoms with E-state index in [4.69, 9.17) is 0 Å². The van der Waals surface area contributed by atoms with Crippen molar-refractivity contribution in [2.45, 2.75) is 17.8 Å². The lowest BCUT2D eigenvalue weighted by Crippen LogP contribution is -2.27. The molecule has 0 aliphatic rings. The van der Waals surface area contributed by atoms with Crippen molar-refractivity contribution >= 4 is 17.7 Å². The molecule has 0 unspecified atom stereocenters. The van der Waals surface area contributed by atoms with E-state index in [1.54, 1.807) is 12.1 Å². The molecule has 0 fully saturated rings. The van der Waals surface area contributed by atoms with Gasteiger partial charge in [-0.05, 0) is 24.1 Å². The van der Waals surface area contributed by atoms with Crippen LogP contribution in [0.3, 0.4) is 0 Å². The van der Waals surface area contributed by atoms with Crippen molar-refractivity contribution in [2.75, 3.05) is 12.3 Å². The number of hydrogen-bond acceptors (Lipinski definition) is 4. The van der Waals surface area contributed by atoms with E-state index in [9.17, 15) is 22.4 Å². The van der Waals surface area contributed by atoms with Gasteiger partial charge in [0, 0.05) is 13.6 Å². The lowest BCUT2D eigenvalue weighted by Gasteiger charge is -2.07. The van der Waals surface area contributed by atoms with Gasteiger partial charge in [0.15, 0.2) is 5.16 Å². The Bertz CT molecular complexity index is 700. The molecule has 0 saturated heterocycles. The van der Waals surface area contributed by atoms with Crippen LogP contribution in [0, 0.1) is 5.82 Å². The Morgan fingerprint density at radius 1 is 1.25 bits per heavy atom. The minimum Gasteiger partial charge on any atom is -0.355 e. The third-order valence-corrected chi connectivity index (χ3v) is 4.09. The number of carbonyl (C=O) groups excluding carboxylic acids is 1. The van der Waals surface area contributed by atoms with Crippen molar-refractivity contribution < 1.29 is 22.4 Å². The molecule has 0 atom stereocenters. The number of hydrogen-bond donors (Lipinski definition) is 1. The summed E-state index contributed by atoms with van der Waals surface area (Å²) in [6.45, 7) is 0.345. The van der Waals surface area contributed by atoms with E-state index in [-0.39, 0.29) is 22.6 Å². The van der Waals surface area contributed by atoms with Crippen LogP contribution in [0.25, 0.3) is 0 Å². The van der Waals surface area contributed by atoms with Gasteiger partial charge in [0.1, 0.15) is 5.82 Å². The van der Waals surface area contributed by atoms with Crippen molar-refractivity contribution in [1.82, 2.24) is 20.1 Å². The normalized spacial score (nSPS) is 11.5. The van der Waals surface area contributed by atoms with Crippen molar-refractivity contribution in [1.29, 1.82) is 0 Å². The Morgan fingerprint density at radius 2 is 1.92 bits per heavy atom. The number of halogens is 4. The fourth-order valence-electron chi connectivity index (χ4n) is 1.87. The van der Waals surface area contributed by atoms with Crippen molar-refractivity contribution in [2.24, 2.45) is 7.05 Å². The summed E-state index contributed by atoms with van der Waals surface area (Å²) >= 11 is 0.868. The fraction of sp³-hybridized carbons (Fsp3) is 0.357. The van der Waals surface area contributed by atoms with Crippen LogP contribution in [0.4, 0.5) is 17.6 Å². The lowest BCUT2D eigenvalue weighted by molar-refractivity contribution is -0.147. The third kappa shape index (κ3) is 4.95. The third-order valence-electron chi connectivity index (χ3n) is 3.07. The van der Waals surface area contributed by atoms with Gasteiger partial charge in [-0.1, -0.05) is 23.9 Å². The number of benzene rings is 1. The van der Waals surface area contributed by atoms with E-state index >= 15 is 0 Å². The van der Waals surface area contributed by atoms with E-state index in [1.807, 2.05) is 0 Å². The van der Waals surface area contributed by atoms with Gasteiger partial charge in [0.25, 0.3) is 0 Å². The molecular weight excluding hydrogens is 348 g/mol. The van der Waals surface area contributed by atoms with Crippen LogP contribution in [0.15, 0.2) is 29.4 Å². The predicted octanol–water partition coefficient (Wildman–Crippen LogP) is 2.42. The number of rotatable bonds is 6. The van der Waals surface area contributed by atoms with Gasteiger partial charge in [0.2, 0.25) is 11.7 Å². The lowest BCUT2D eigenvalue weighted by atomic mass is 10.1. The van der Waals surface area contributed by atoms with Gasteiger partial charge in [0.05, 0.1) is 5.75 Å². The molecule has 1 amide bonds. The molecule has 1 heterocycles. The Kier molecular flexibility index (Phi) is 5.81. The van der Waals surface area contributed by atoms with Gasteiger partial charge < -0.3 is 9.88 Å². The summed E-state index contributed by atoms with van der Waals surface area (Å²) in [6.07, 6.45) is -4.06. The molecule has 0 bridgehead atoms. The van der Waals surface area contributed by atoms with Gasteiger partial charge in [-0.15, -0.1) is 10.2 Å². The number of nitrogens with zero attached hydrogens (tertiary/aromatic N) is 3. The zero-order valence-corrected chi connectivity index (χ0v) is 13.4. The van der Waals surface area contributed by atoms with Crippen molar-refractivity contribution in [3.8, 4) is 0 Å². The Balaban J connectivity index is 1.77. The molecule has 2 rings (SSSR count). The topological polar surface area (TPSA) is 59.8 Å². The van der Waals surface area contributed by atoms with Crippen molar-refractivity contribution in [3.05, 3.63) is 41.5 Å². The SMILES string of the molecule is Cn1c(SCC(=O)NCCc2ccc(F)cc2)nnc1C(F)(F)F. The van der Waals surface area contributed by atoms with Gasteiger partial charge in [-0.2, -0.15) is 13.2 Å². The number of aromatic nitrogens is 3. The maximum Gasteiger partial charge on any atom is 0.451 e.